The number of rotatable bonds is 6. The minimum absolute atomic E-state index is 0.139. The van der Waals surface area contributed by atoms with Crippen LogP contribution in [0.3, 0.4) is 0 Å². The van der Waals surface area contributed by atoms with Gasteiger partial charge in [-0.2, -0.15) is 0 Å². The largest absolute Gasteiger partial charge is 0.469 e. The van der Waals surface area contributed by atoms with Gasteiger partial charge < -0.3 is 24.1 Å². The fraction of sp³-hybridized carbons (Fsp3) is 0.450. The van der Waals surface area contributed by atoms with Crippen molar-refractivity contribution in [2.45, 2.75) is 39.1 Å². The first-order valence-corrected chi connectivity index (χ1v) is 10.6. The minimum Gasteiger partial charge on any atom is -0.469 e. The molecule has 2 heterocycles. The van der Waals surface area contributed by atoms with Crippen molar-refractivity contribution in [3.8, 4) is 0 Å². The molecule has 30 heavy (non-hydrogen) atoms. The van der Waals surface area contributed by atoms with E-state index in [1.54, 1.807) is 39.2 Å². The Labute approximate surface area is 192 Å². The summed E-state index contributed by atoms with van der Waals surface area (Å²) < 4.78 is 17.9. The highest BCUT2D eigenvalue weighted by atomic mass is 79.9. The highest BCUT2D eigenvalue weighted by Gasteiger charge is 2.32. The molecule has 1 aromatic rings. The van der Waals surface area contributed by atoms with Gasteiger partial charge in [0.25, 0.3) is 5.56 Å². The average Bonchev–Trinajstić information content (AvgIpc) is 2.68. The zero-order chi connectivity index (χ0) is 22.9. The number of hydrogen-bond acceptors (Lipinski definition) is 7. The number of aromatic nitrogens is 1. The van der Waals surface area contributed by atoms with E-state index >= 15 is 0 Å². The third-order valence-electron chi connectivity index (χ3n) is 3.94. The maximum Gasteiger partial charge on any atom is 0.337 e. The number of pyridine rings is 1. The summed E-state index contributed by atoms with van der Waals surface area (Å²) >= 11 is 6.53. The Morgan fingerprint density at radius 1 is 1.27 bits per heavy atom. The standard InChI is InChI=1S/C10H14BrNO3.C10H12BrNO3/c1-10(2,9(13)14-3)15-8-6-7(11)4-5-12-8;1-7(10(14)15-2)6-12-4-3-8(11)5-9(12)13/h4-6,8,12H,1-3H3;3-5,7H,6H2,1-2H3. The molecule has 10 heteroatoms. The van der Waals surface area contributed by atoms with Gasteiger partial charge in [-0.05, 0) is 38.3 Å². The van der Waals surface area contributed by atoms with Crippen LogP contribution in [0.15, 0.2) is 50.4 Å². The number of nitrogens with zero attached hydrogens (tertiary/aromatic N) is 1. The third kappa shape index (κ3) is 8.45. The summed E-state index contributed by atoms with van der Waals surface area (Å²) in [4.78, 5) is 34.0. The number of halogens is 2. The molecule has 1 aliphatic rings. The molecule has 0 fully saturated rings. The molecule has 166 valence electrons. The molecule has 2 unspecified atom stereocenters. The van der Waals surface area contributed by atoms with Crippen molar-refractivity contribution in [3.63, 3.8) is 0 Å². The Balaban J connectivity index is 0.000000300. The molecular weight excluding hydrogens is 524 g/mol. The number of hydrogen-bond donors (Lipinski definition) is 1. The van der Waals surface area contributed by atoms with Crippen molar-refractivity contribution >= 4 is 43.8 Å². The zero-order valence-corrected chi connectivity index (χ0v) is 20.7. The maximum atomic E-state index is 11.5. The van der Waals surface area contributed by atoms with E-state index in [-0.39, 0.29) is 23.7 Å². The number of esters is 2. The normalized spacial score (nSPS) is 16.4. The van der Waals surface area contributed by atoms with Crippen LogP contribution in [0.4, 0.5) is 0 Å². The lowest BCUT2D eigenvalue weighted by Gasteiger charge is -2.28. The van der Waals surface area contributed by atoms with Crippen LogP contribution in [0.5, 0.6) is 0 Å². The Morgan fingerprint density at radius 2 is 1.93 bits per heavy atom. The molecule has 1 N–H and O–H groups in total. The molecule has 2 rings (SSSR count). The molecule has 0 aliphatic carbocycles. The summed E-state index contributed by atoms with van der Waals surface area (Å²) in [5.41, 5.74) is -1.11. The first kappa shape index (κ1) is 26.1. The second-order valence-electron chi connectivity index (χ2n) is 6.85. The molecule has 1 aromatic heterocycles. The summed E-state index contributed by atoms with van der Waals surface area (Å²) in [6.45, 7) is 5.39. The second kappa shape index (κ2) is 12.1. The van der Waals surface area contributed by atoms with E-state index in [0.29, 0.717) is 6.54 Å². The van der Waals surface area contributed by atoms with Crippen molar-refractivity contribution in [1.82, 2.24) is 9.88 Å². The van der Waals surface area contributed by atoms with Crippen LogP contribution in [0.2, 0.25) is 0 Å². The number of allylic oxidation sites excluding steroid dienone is 2. The molecule has 0 saturated heterocycles. The van der Waals surface area contributed by atoms with Gasteiger partial charge in [0.1, 0.15) is 6.23 Å². The van der Waals surface area contributed by atoms with E-state index in [0.717, 1.165) is 8.96 Å². The van der Waals surface area contributed by atoms with Crippen LogP contribution >= 0.6 is 31.9 Å². The fourth-order valence-corrected chi connectivity index (χ4v) is 3.04. The molecule has 1 aliphatic heterocycles. The van der Waals surface area contributed by atoms with E-state index < -0.39 is 11.6 Å². The SMILES string of the molecule is COC(=O)C(C)(C)OC1C=C(Br)C=CN1.COC(=O)C(C)Cn1ccc(Br)cc1=O. The molecule has 0 aromatic carbocycles. The Morgan fingerprint density at radius 3 is 2.47 bits per heavy atom. The summed E-state index contributed by atoms with van der Waals surface area (Å²) in [6.07, 6.45) is 6.74. The van der Waals surface area contributed by atoms with E-state index in [9.17, 15) is 14.4 Å². The number of carbonyl (C=O) groups is 2. The smallest absolute Gasteiger partial charge is 0.337 e. The zero-order valence-electron chi connectivity index (χ0n) is 17.5. The molecule has 0 radical (unpaired) electrons. The van der Waals surface area contributed by atoms with Gasteiger partial charge in [-0.25, -0.2) is 4.79 Å². The average molecular weight is 550 g/mol. The van der Waals surface area contributed by atoms with Crippen LogP contribution in [0.1, 0.15) is 20.8 Å². The van der Waals surface area contributed by atoms with E-state index in [4.69, 9.17) is 4.74 Å². The van der Waals surface area contributed by atoms with Crippen LogP contribution in [0, 0.1) is 5.92 Å². The van der Waals surface area contributed by atoms with Crippen molar-refractivity contribution in [3.05, 3.63) is 56.0 Å². The van der Waals surface area contributed by atoms with Crippen molar-refractivity contribution in [2.24, 2.45) is 5.92 Å². The first-order chi connectivity index (χ1) is 14.0. The second-order valence-corrected chi connectivity index (χ2v) is 8.68. The van der Waals surface area contributed by atoms with Crippen LogP contribution in [-0.4, -0.2) is 42.6 Å². The number of dihydropyridines is 1. The van der Waals surface area contributed by atoms with E-state index in [2.05, 4.69) is 46.7 Å². The summed E-state index contributed by atoms with van der Waals surface area (Å²) in [5, 5.41) is 2.97. The fourth-order valence-electron chi connectivity index (χ4n) is 2.36. The van der Waals surface area contributed by atoms with Gasteiger partial charge in [0, 0.05) is 27.8 Å². The summed E-state index contributed by atoms with van der Waals surface area (Å²) in [7, 11) is 2.68. The van der Waals surface area contributed by atoms with E-state index in [1.807, 2.05) is 12.2 Å². The quantitative estimate of drug-likeness (QED) is 0.545. The predicted molar refractivity (Wildman–Crippen MR) is 120 cm³/mol. The van der Waals surface area contributed by atoms with Crippen molar-refractivity contribution in [2.75, 3.05) is 14.2 Å². The van der Waals surface area contributed by atoms with Gasteiger partial charge in [0.2, 0.25) is 0 Å². The van der Waals surface area contributed by atoms with Crippen LogP contribution < -0.4 is 10.9 Å². The van der Waals surface area contributed by atoms with Crippen LogP contribution in [-0.2, 0) is 30.3 Å². The summed E-state index contributed by atoms with van der Waals surface area (Å²) in [6, 6.07) is 3.22. The topological polar surface area (TPSA) is 95.9 Å². The van der Waals surface area contributed by atoms with Crippen molar-refractivity contribution < 1.29 is 23.8 Å². The molecule has 0 spiro atoms. The minimum atomic E-state index is -0.971. The van der Waals surface area contributed by atoms with Gasteiger partial charge in [-0.15, -0.1) is 0 Å². The van der Waals surface area contributed by atoms with E-state index in [1.165, 1.54) is 24.9 Å². The lowest BCUT2D eigenvalue weighted by Crippen LogP contribution is -2.43. The molecule has 0 amide bonds. The number of methoxy groups -OCH3 is 2. The highest BCUT2D eigenvalue weighted by molar-refractivity contribution is 9.12. The Hall–Kier alpha value is -1.91. The Kier molecular flexibility index (Phi) is 10.5. The van der Waals surface area contributed by atoms with Gasteiger partial charge >= 0.3 is 11.9 Å². The van der Waals surface area contributed by atoms with Crippen molar-refractivity contribution in [1.29, 1.82) is 0 Å². The molecule has 0 saturated carbocycles. The predicted octanol–water partition coefficient (Wildman–Crippen LogP) is 3.10. The monoisotopic (exact) mass is 548 g/mol. The molecule has 8 nitrogen and oxygen atoms in total. The number of nitrogens with one attached hydrogen (secondary N) is 1. The highest BCUT2D eigenvalue weighted by Crippen LogP contribution is 2.18. The summed E-state index contributed by atoms with van der Waals surface area (Å²) in [5.74, 6) is -1.04. The third-order valence-corrected chi connectivity index (χ3v) is 4.97. The molecule has 0 bridgehead atoms. The number of ether oxygens (including phenoxy) is 3. The molecular formula is C20H26Br2N2O6. The van der Waals surface area contributed by atoms with Gasteiger partial charge in [0.05, 0.1) is 20.1 Å². The first-order valence-electron chi connectivity index (χ1n) is 9.00. The lowest BCUT2D eigenvalue weighted by molar-refractivity contribution is -0.170. The number of carbonyl (C=O) groups excluding carboxylic acids is 2. The lowest BCUT2D eigenvalue weighted by atomic mass is 10.1. The molecule has 2 atom stereocenters. The van der Waals surface area contributed by atoms with Crippen LogP contribution in [0.25, 0.3) is 0 Å². The van der Waals surface area contributed by atoms with Gasteiger partial charge in [-0.3, -0.25) is 9.59 Å². The Bertz CT molecular complexity index is 863. The van der Waals surface area contributed by atoms with Gasteiger partial charge in [0.15, 0.2) is 5.60 Å². The maximum absolute atomic E-state index is 11.5. The van der Waals surface area contributed by atoms with Gasteiger partial charge in [-0.1, -0.05) is 38.8 Å².